The molecule has 1 aliphatic carbocycles. The highest BCUT2D eigenvalue weighted by molar-refractivity contribution is 9.10. The van der Waals surface area contributed by atoms with Gasteiger partial charge in [0.1, 0.15) is 0 Å². The van der Waals surface area contributed by atoms with Gasteiger partial charge in [-0.25, -0.2) is 0 Å². The largest absolute Gasteiger partial charge is 0.252 e. The van der Waals surface area contributed by atoms with Crippen LogP contribution in [-0.2, 0) is 0 Å². The van der Waals surface area contributed by atoms with Crippen LogP contribution in [0.25, 0.3) is 10.9 Å². The molecule has 120 valence electrons. The Kier molecular flexibility index (Phi) is 3.60. The van der Waals surface area contributed by atoms with Crippen LogP contribution in [-0.4, -0.2) is 4.98 Å². The Morgan fingerprint density at radius 1 is 0.960 bits per heavy atom. The third kappa shape index (κ3) is 2.42. The standard InChI is InChI=1S/C21H14BrN3/c1-13-2-8-17-15(10-13)5-9-18(25-17)20-19(21(20,11-23)12-24)14-3-6-16(22)7-4-14/h2-10,19-20H,1H3/t19?,20-/m0/s1. The summed E-state index contributed by atoms with van der Waals surface area (Å²) in [5, 5.41) is 20.5. The lowest BCUT2D eigenvalue weighted by molar-refractivity contribution is 0.810. The molecule has 0 radical (unpaired) electrons. The van der Waals surface area contributed by atoms with Crippen LogP contribution in [0, 0.1) is 35.0 Å². The highest BCUT2D eigenvalue weighted by Gasteiger charge is 2.68. The first-order valence-electron chi connectivity index (χ1n) is 8.04. The summed E-state index contributed by atoms with van der Waals surface area (Å²) in [5.74, 6) is -0.347. The fraction of sp³-hybridized carbons (Fsp3) is 0.190. The van der Waals surface area contributed by atoms with Crippen molar-refractivity contribution in [3.8, 4) is 12.1 Å². The molecule has 1 fully saturated rings. The van der Waals surface area contributed by atoms with E-state index in [9.17, 15) is 10.5 Å². The second-order valence-electron chi connectivity index (χ2n) is 6.53. The van der Waals surface area contributed by atoms with Crippen LogP contribution < -0.4 is 0 Å². The average Bonchev–Trinajstić information content (AvgIpc) is 3.31. The third-order valence-corrected chi connectivity index (χ3v) is 5.52. The quantitative estimate of drug-likeness (QED) is 0.605. The second-order valence-corrected chi connectivity index (χ2v) is 7.45. The zero-order chi connectivity index (χ0) is 17.6. The average molecular weight is 388 g/mol. The topological polar surface area (TPSA) is 60.5 Å². The number of aromatic nitrogens is 1. The molecule has 1 aromatic heterocycles. The van der Waals surface area contributed by atoms with Gasteiger partial charge >= 0.3 is 0 Å². The molecule has 1 saturated carbocycles. The molecule has 0 amide bonds. The van der Waals surface area contributed by atoms with E-state index >= 15 is 0 Å². The number of nitriles is 2. The monoisotopic (exact) mass is 387 g/mol. The Morgan fingerprint density at radius 2 is 1.68 bits per heavy atom. The Balaban J connectivity index is 1.80. The highest BCUT2D eigenvalue weighted by atomic mass is 79.9. The summed E-state index contributed by atoms with van der Waals surface area (Å²) in [6.45, 7) is 2.05. The zero-order valence-electron chi connectivity index (χ0n) is 13.6. The van der Waals surface area contributed by atoms with Crippen molar-refractivity contribution in [1.29, 1.82) is 10.5 Å². The van der Waals surface area contributed by atoms with Crippen molar-refractivity contribution in [1.82, 2.24) is 4.98 Å². The summed E-state index contributed by atoms with van der Waals surface area (Å²) < 4.78 is 0.979. The molecule has 2 atom stereocenters. The number of hydrogen-bond acceptors (Lipinski definition) is 3. The molecule has 0 spiro atoms. The molecule has 0 aliphatic heterocycles. The van der Waals surface area contributed by atoms with Crippen molar-refractivity contribution in [2.75, 3.05) is 0 Å². The zero-order valence-corrected chi connectivity index (χ0v) is 15.2. The van der Waals surface area contributed by atoms with Gasteiger partial charge in [0.05, 0.1) is 17.7 Å². The van der Waals surface area contributed by atoms with Gasteiger partial charge < -0.3 is 0 Å². The molecule has 3 aromatic rings. The molecule has 0 saturated heterocycles. The Bertz CT molecular complexity index is 1040. The van der Waals surface area contributed by atoms with E-state index in [0.717, 1.165) is 26.6 Å². The number of benzene rings is 2. The minimum atomic E-state index is -1.04. The first-order chi connectivity index (χ1) is 12.1. The molecule has 4 heteroatoms. The number of halogens is 1. The number of nitrogens with zero attached hydrogens (tertiary/aromatic N) is 3. The van der Waals surface area contributed by atoms with Gasteiger partial charge in [-0.2, -0.15) is 10.5 Å². The lowest BCUT2D eigenvalue weighted by Gasteiger charge is -2.04. The van der Waals surface area contributed by atoms with Crippen LogP contribution in [0.3, 0.4) is 0 Å². The van der Waals surface area contributed by atoms with Crippen LogP contribution >= 0.6 is 15.9 Å². The van der Waals surface area contributed by atoms with E-state index in [4.69, 9.17) is 4.98 Å². The van der Waals surface area contributed by atoms with E-state index in [-0.39, 0.29) is 11.8 Å². The van der Waals surface area contributed by atoms with E-state index in [0.29, 0.717) is 0 Å². The third-order valence-electron chi connectivity index (χ3n) is 4.99. The van der Waals surface area contributed by atoms with Crippen LogP contribution in [0.5, 0.6) is 0 Å². The first kappa shape index (κ1) is 15.8. The van der Waals surface area contributed by atoms with E-state index in [1.54, 1.807) is 0 Å². The molecule has 2 aromatic carbocycles. The van der Waals surface area contributed by atoms with E-state index in [1.807, 2.05) is 55.5 Å². The number of hydrogen-bond donors (Lipinski definition) is 0. The highest BCUT2D eigenvalue weighted by Crippen LogP contribution is 2.69. The van der Waals surface area contributed by atoms with Crippen LogP contribution in [0.2, 0.25) is 0 Å². The van der Waals surface area contributed by atoms with Crippen molar-refractivity contribution in [2.45, 2.75) is 18.8 Å². The minimum Gasteiger partial charge on any atom is -0.252 e. The summed E-state index contributed by atoms with van der Waals surface area (Å²) >= 11 is 3.43. The van der Waals surface area contributed by atoms with Gasteiger partial charge in [-0.15, -0.1) is 0 Å². The van der Waals surface area contributed by atoms with Gasteiger partial charge in [0.15, 0.2) is 5.41 Å². The number of aryl methyl sites for hydroxylation is 1. The normalized spacial score (nSPS) is 20.6. The van der Waals surface area contributed by atoms with Crippen molar-refractivity contribution in [3.63, 3.8) is 0 Å². The van der Waals surface area contributed by atoms with Crippen molar-refractivity contribution < 1.29 is 0 Å². The molecule has 1 heterocycles. The van der Waals surface area contributed by atoms with Crippen LogP contribution in [0.4, 0.5) is 0 Å². The Hall–Kier alpha value is -2.69. The number of fused-ring (bicyclic) bond motifs is 1. The molecule has 0 N–H and O–H groups in total. The van der Waals surface area contributed by atoms with Crippen molar-refractivity contribution >= 4 is 26.8 Å². The maximum absolute atomic E-state index is 9.71. The fourth-order valence-electron chi connectivity index (χ4n) is 3.65. The summed E-state index contributed by atoms with van der Waals surface area (Å²) in [5.41, 5.74) is 2.85. The lowest BCUT2D eigenvalue weighted by atomic mass is 10.0. The van der Waals surface area contributed by atoms with E-state index in [1.165, 1.54) is 5.56 Å². The molecular weight excluding hydrogens is 374 g/mol. The van der Waals surface area contributed by atoms with Gasteiger partial charge in [-0.3, -0.25) is 4.98 Å². The smallest absolute Gasteiger partial charge is 0.160 e. The molecule has 0 bridgehead atoms. The summed E-state index contributed by atoms with van der Waals surface area (Å²) in [7, 11) is 0. The second kappa shape index (κ2) is 5.69. The summed E-state index contributed by atoms with van der Waals surface area (Å²) in [6, 6.07) is 22.4. The van der Waals surface area contributed by atoms with Crippen LogP contribution in [0.15, 0.2) is 59.1 Å². The summed E-state index contributed by atoms with van der Waals surface area (Å²) in [6.07, 6.45) is 0. The molecule has 1 aliphatic rings. The molecule has 3 nitrogen and oxygen atoms in total. The Morgan fingerprint density at radius 3 is 2.36 bits per heavy atom. The predicted molar refractivity (Wildman–Crippen MR) is 99.8 cm³/mol. The number of pyridine rings is 1. The minimum absolute atomic E-state index is 0.147. The predicted octanol–water partition coefficient (Wildman–Crippen LogP) is 5.22. The SMILES string of the molecule is Cc1ccc2nc([C@H]3C(c4ccc(Br)cc4)C3(C#N)C#N)ccc2c1. The van der Waals surface area contributed by atoms with Gasteiger partial charge in [0.2, 0.25) is 0 Å². The Labute approximate surface area is 154 Å². The van der Waals surface area contributed by atoms with E-state index in [2.05, 4.69) is 34.1 Å². The lowest BCUT2D eigenvalue weighted by Crippen LogP contribution is -1.98. The maximum atomic E-state index is 9.71. The van der Waals surface area contributed by atoms with Gasteiger partial charge in [0.25, 0.3) is 0 Å². The molecular formula is C21H14BrN3. The van der Waals surface area contributed by atoms with Gasteiger partial charge in [0, 0.05) is 27.4 Å². The number of rotatable bonds is 2. The first-order valence-corrected chi connectivity index (χ1v) is 8.83. The summed E-state index contributed by atoms with van der Waals surface area (Å²) in [4.78, 5) is 4.75. The maximum Gasteiger partial charge on any atom is 0.160 e. The van der Waals surface area contributed by atoms with Crippen LogP contribution in [0.1, 0.15) is 28.7 Å². The van der Waals surface area contributed by atoms with Gasteiger partial charge in [-0.1, -0.05) is 45.8 Å². The molecule has 4 rings (SSSR count). The fourth-order valence-corrected chi connectivity index (χ4v) is 3.92. The van der Waals surface area contributed by atoms with E-state index < -0.39 is 5.41 Å². The van der Waals surface area contributed by atoms with Crippen molar-refractivity contribution in [2.24, 2.45) is 5.41 Å². The van der Waals surface area contributed by atoms with Gasteiger partial charge in [-0.05, 0) is 42.8 Å². The molecule has 25 heavy (non-hydrogen) atoms. The van der Waals surface area contributed by atoms with Crippen molar-refractivity contribution in [3.05, 3.63) is 75.9 Å². The molecule has 1 unspecified atom stereocenters.